The number of benzene rings is 3. The predicted molar refractivity (Wildman–Crippen MR) is 130 cm³/mol. The van der Waals surface area contributed by atoms with Crippen molar-refractivity contribution in [2.24, 2.45) is 4.99 Å². The number of carboxylic acid groups (broad SMARTS) is 1. The Morgan fingerprint density at radius 1 is 1.00 bits per heavy atom. The van der Waals surface area contributed by atoms with E-state index in [2.05, 4.69) is 4.99 Å². The maximum Gasteiger partial charge on any atom is 0.335 e. The van der Waals surface area contributed by atoms with Crippen LogP contribution >= 0.6 is 11.6 Å². The monoisotopic (exact) mass is 459 g/mol. The molecular formula is C27H22ClNO4. The van der Waals surface area contributed by atoms with Crippen LogP contribution in [0.5, 0.6) is 5.75 Å². The van der Waals surface area contributed by atoms with Gasteiger partial charge < -0.3 is 9.84 Å². The van der Waals surface area contributed by atoms with E-state index in [4.69, 9.17) is 16.3 Å². The number of nitrogens with zero attached hydrogens (tertiary/aromatic N) is 1. The zero-order chi connectivity index (χ0) is 23.4. The second kappa shape index (κ2) is 9.43. The number of ketones is 1. The van der Waals surface area contributed by atoms with Gasteiger partial charge in [0.1, 0.15) is 11.3 Å². The molecule has 0 bridgehead atoms. The predicted octanol–water partition coefficient (Wildman–Crippen LogP) is 5.91. The first kappa shape index (κ1) is 22.5. The van der Waals surface area contributed by atoms with Crippen molar-refractivity contribution in [1.29, 1.82) is 0 Å². The van der Waals surface area contributed by atoms with Gasteiger partial charge in [-0.1, -0.05) is 29.8 Å². The molecule has 0 radical (unpaired) electrons. The van der Waals surface area contributed by atoms with Crippen LogP contribution in [-0.4, -0.2) is 35.2 Å². The Morgan fingerprint density at radius 2 is 1.76 bits per heavy atom. The quantitative estimate of drug-likeness (QED) is 0.425. The molecule has 33 heavy (non-hydrogen) atoms. The van der Waals surface area contributed by atoms with E-state index in [-0.39, 0.29) is 11.3 Å². The van der Waals surface area contributed by atoms with Crippen molar-refractivity contribution in [2.45, 2.75) is 18.9 Å². The average molecular weight is 460 g/mol. The molecule has 1 aliphatic heterocycles. The minimum absolute atomic E-state index is 0.134. The minimum Gasteiger partial charge on any atom is -0.494 e. The number of hydrogen-bond acceptors (Lipinski definition) is 4. The number of allylic oxidation sites excluding steroid dienone is 1. The summed E-state index contributed by atoms with van der Waals surface area (Å²) in [6.45, 7) is 2.37. The number of carboxylic acids is 1. The van der Waals surface area contributed by atoms with E-state index in [0.29, 0.717) is 29.4 Å². The maximum absolute atomic E-state index is 13.5. The summed E-state index contributed by atoms with van der Waals surface area (Å²) in [5, 5.41) is 9.90. The molecule has 5 nitrogen and oxygen atoms in total. The van der Waals surface area contributed by atoms with Crippen molar-refractivity contribution < 1.29 is 19.4 Å². The molecule has 0 saturated carbocycles. The Bertz CT molecular complexity index is 1250. The number of rotatable bonds is 8. The molecule has 1 N–H and O–H groups in total. The maximum atomic E-state index is 13.5. The summed E-state index contributed by atoms with van der Waals surface area (Å²) >= 11 is 5.99. The highest BCUT2D eigenvalue weighted by Gasteiger charge is 2.38. The van der Waals surface area contributed by atoms with Crippen LogP contribution in [0.25, 0.3) is 11.1 Å². The van der Waals surface area contributed by atoms with Crippen LogP contribution in [0.2, 0.25) is 5.02 Å². The number of halogens is 1. The molecule has 1 unspecified atom stereocenters. The summed E-state index contributed by atoms with van der Waals surface area (Å²) in [5.74, 6) is -0.458. The number of aliphatic imine (C=N–C) groups is 1. The smallest absolute Gasteiger partial charge is 0.335 e. The minimum atomic E-state index is -1.10. The van der Waals surface area contributed by atoms with Crippen LogP contribution in [0.4, 0.5) is 0 Å². The van der Waals surface area contributed by atoms with Crippen molar-refractivity contribution in [3.63, 3.8) is 0 Å². The lowest BCUT2D eigenvalue weighted by Gasteiger charge is -2.25. The van der Waals surface area contributed by atoms with Gasteiger partial charge in [-0.05, 0) is 84.3 Å². The van der Waals surface area contributed by atoms with E-state index in [0.717, 1.165) is 16.7 Å². The molecule has 0 fully saturated rings. The molecule has 6 heteroatoms. The first-order chi connectivity index (χ1) is 15.9. The lowest BCUT2D eigenvalue weighted by Crippen LogP contribution is -2.36. The summed E-state index contributed by atoms with van der Waals surface area (Å²) in [4.78, 5) is 29.5. The average Bonchev–Trinajstić information content (AvgIpc) is 3.30. The molecule has 0 amide bonds. The van der Waals surface area contributed by atoms with Crippen molar-refractivity contribution in [3.8, 4) is 16.9 Å². The second-order valence-corrected chi connectivity index (χ2v) is 8.15. The van der Waals surface area contributed by atoms with Crippen molar-refractivity contribution in [3.05, 3.63) is 101 Å². The van der Waals surface area contributed by atoms with Crippen molar-refractivity contribution >= 4 is 29.6 Å². The fourth-order valence-electron chi connectivity index (χ4n) is 3.91. The van der Waals surface area contributed by atoms with Gasteiger partial charge in [-0.25, -0.2) is 4.79 Å². The lowest BCUT2D eigenvalue weighted by molar-refractivity contribution is 0.0696. The molecule has 3 aromatic rings. The van der Waals surface area contributed by atoms with Gasteiger partial charge in [-0.3, -0.25) is 9.79 Å². The zero-order valence-corrected chi connectivity index (χ0v) is 18.8. The van der Waals surface area contributed by atoms with Gasteiger partial charge in [0, 0.05) is 23.2 Å². The summed E-state index contributed by atoms with van der Waals surface area (Å²) in [7, 11) is 0. The molecule has 0 aliphatic carbocycles. The van der Waals surface area contributed by atoms with Crippen LogP contribution in [0, 0.1) is 0 Å². The molecule has 1 heterocycles. The highest BCUT2D eigenvalue weighted by molar-refractivity contribution is 6.30. The molecule has 1 atom stereocenters. The summed E-state index contributed by atoms with van der Waals surface area (Å²) in [5.41, 5.74) is 2.04. The summed E-state index contributed by atoms with van der Waals surface area (Å²) in [6, 6.07) is 19.2. The standard InChI is InChI=1S/C27H22ClNO4/c1-2-33-24-12-9-20(19-5-3-6-21(15-19)26(31)32)16-22(24)17-27(13-4-14-29-27)25(30)18-7-10-23(28)11-8-18/h3-16H,2,17H2,1H3,(H,31,32). The van der Waals surface area contributed by atoms with Crippen LogP contribution in [0.15, 0.2) is 83.9 Å². The van der Waals surface area contributed by atoms with Gasteiger partial charge in [0.2, 0.25) is 0 Å². The van der Waals surface area contributed by atoms with Crippen LogP contribution in [0.3, 0.4) is 0 Å². The number of Topliss-reactive ketones (excluding diaryl/α,β-unsaturated/α-hetero) is 1. The summed E-state index contributed by atoms with van der Waals surface area (Å²) < 4.78 is 5.85. The Balaban J connectivity index is 1.75. The van der Waals surface area contributed by atoms with Gasteiger partial charge in [-0.15, -0.1) is 0 Å². The Labute approximate surface area is 197 Å². The molecule has 4 rings (SSSR count). The molecule has 166 valence electrons. The van der Waals surface area contributed by atoms with Gasteiger partial charge in [0.25, 0.3) is 0 Å². The number of aromatic carboxylic acids is 1. The van der Waals surface area contributed by atoms with E-state index in [1.165, 1.54) is 0 Å². The van der Waals surface area contributed by atoms with E-state index in [9.17, 15) is 14.7 Å². The van der Waals surface area contributed by atoms with Crippen LogP contribution in [-0.2, 0) is 6.42 Å². The molecule has 0 saturated heterocycles. The Kier molecular flexibility index (Phi) is 6.43. The fraction of sp³-hybridized carbons (Fsp3) is 0.148. The van der Waals surface area contributed by atoms with Crippen molar-refractivity contribution in [1.82, 2.24) is 0 Å². The van der Waals surface area contributed by atoms with E-state index in [1.54, 1.807) is 60.8 Å². The molecule has 0 spiro atoms. The molecule has 3 aromatic carbocycles. The summed E-state index contributed by atoms with van der Waals surface area (Å²) in [6.07, 6.45) is 5.50. The van der Waals surface area contributed by atoms with Gasteiger partial charge in [-0.2, -0.15) is 0 Å². The third-order valence-corrected chi connectivity index (χ3v) is 5.78. The van der Waals surface area contributed by atoms with E-state index < -0.39 is 11.5 Å². The van der Waals surface area contributed by atoms with Gasteiger partial charge >= 0.3 is 5.97 Å². The molecule has 1 aliphatic rings. The van der Waals surface area contributed by atoms with E-state index >= 15 is 0 Å². The highest BCUT2D eigenvalue weighted by Crippen LogP contribution is 2.34. The number of carbonyl (C=O) groups is 2. The number of carbonyl (C=O) groups excluding carboxylic acids is 1. The Hall–Kier alpha value is -3.70. The molecule has 0 aromatic heterocycles. The normalized spacial score (nSPS) is 16.7. The van der Waals surface area contributed by atoms with E-state index in [1.807, 2.05) is 31.2 Å². The van der Waals surface area contributed by atoms with Gasteiger partial charge in [0.05, 0.1) is 12.2 Å². The highest BCUT2D eigenvalue weighted by atomic mass is 35.5. The zero-order valence-electron chi connectivity index (χ0n) is 18.0. The van der Waals surface area contributed by atoms with Crippen molar-refractivity contribution in [2.75, 3.05) is 6.61 Å². The Morgan fingerprint density at radius 3 is 2.42 bits per heavy atom. The van der Waals surface area contributed by atoms with Crippen LogP contribution in [0.1, 0.15) is 33.2 Å². The van der Waals surface area contributed by atoms with Crippen LogP contribution < -0.4 is 4.74 Å². The first-order valence-electron chi connectivity index (χ1n) is 10.5. The number of ether oxygens (including phenoxy) is 1. The fourth-order valence-corrected chi connectivity index (χ4v) is 4.03. The molecular weight excluding hydrogens is 438 g/mol. The van der Waals surface area contributed by atoms with Gasteiger partial charge in [0.15, 0.2) is 5.78 Å². The topological polar surface area (TPSA) is 76.0 Å². The SMILES string of the molecule is CCOc1ccc(-c2cccc(C(=O)O)c2)cc1CC1(C(=O)c2ccc(Cl)cc2)C=CC=N1. The lowest BCUT2D eigenvalue weighted by atomic mass is 9.83. The first-order valence-corrected chi connectivity index (χ1v) is 10.9. The second-order valence-electron chi connectivity index (χ2n) is 7.72. The largest absolute Gasteiger partial charge is 0.494 e. The third kappa shape index (κ3) is 4.73. The number of hydrogen-bond donors (Lipinski definition) is 1. The third-order valence-electron chi connectivity index (χ3n) is 5.53.